The Morgan fingerprint density at radius 2 is 1.89 bits per heavy atom. The van der Waals surface area contributed by atoms with Crippen LogP contribution in [-0.2, 0) is 5.75 Å². The lowest BCUT2D eigenvalue weighted by molar-refractivity contribution is 0.102. The summed E-state index contributed by atoms with van der Waals surface area (Å²) in [7, 11) is 0. The molecule has 0 aliphatic rings. The van der Waals surface area contributed by atoms with Gasteiger partial charge in [-0.05, 0) is 54.8 Å². The van der Waals surface area contributed by atoms with E-state index in [-0.39, 0.29) is 16.5 Å². The SMILES string of the molecule is Cc1ccc(NC(=O)c2nc(SCc3ccc(F)cc3)ncc2Cl)cc1C. The highest BCUT2D eigenvalue weighted by Crippen LogP contribution is 2.23. The molecule has 1 amide bonds. The van der Waals surface area contributed by atoms with Crippen LogP contribution in [0.5, 0.6) is 0 Å². The lowest BCUT2D eigenvalue weighted by atomic mass is 10.1. The van der Waals surface area contributed by atoms with Crippen LogP contribution in [0.4, 0.5) is 10.1 Å². The number of amides is 1. The summed E-state index contributed by atoms with van der Waals surface area (Å²) in [5.41, 5.74) is 3.95. The van der Waals surface area contributed by atoms with Crippen LogP contribution in [0.15, 0.2) is 53.8 Å². The summed E-state index contributed by atoms with van der Waals surface area (Å²) in [6.45, 7) is 3.99. The molecule has 0 saturated carbocycles. The number of carbonyl (C=O) groups is 1. The third kappa shape index (κ3) is 5.05. The van der Waals surface area contributed by atoms with Gasteiger partial charge in [-0.15, -0.1) is 0 Å². The predicted molar refractivity (Wildman–Crippen MR) is 107 cm³/mol. The van der Waals surface area contributed by atoms with Gasteiger partial charge in [0, 0.05) is 11.4 Å². The number of anilines is 1. The Bertz CT molecular complexity index is 979. The Balaban J connectivity index is 1.72. The second kappa shape index (κ2) is 8.50. The molecule has 3 aromatic rings. The minimum atomic E-state index is -0.394. The van der Waals surface area contributed by atoms with Crippen LogP contribution in [-0.4, -0.2) is 15.9 Å². The van der Waals surface area contributed by atoms with E-state index in [1.54, 1.807) is 12.1 Å². The molecule has 1 heterocycles. The topological polar surface area (TPSA) is 54.9 Å². The molecule has 3 rings (SSSR count). The zero-order valence-electron chi connectivity index (χ0n) is 14.8. The fourth-order valence-corrected chi connectivity index (χ4v) is 3.27. The Morgan fingerprint density at radius 3 is 2.59 bits per heavy atom. The number of hydrogen-bond donors (Lipinski definition) is 1. The first kappa shape index (κ1) is 19.3. The first-order valence-electron chi connectivity index (χ1n) is 8.21. The van der Waals surface area contributed by atoms with Crippen molar-refractivity contribution in [2.45, 2.75) is 24.8 Å². The van der Waals surface area contributed by atoms with E-state index < -0.39 is 5.91 Å². The summed E-state index contributed by atoms with van der Waals surface area (Å²) in [6.07, 6.45) is 1.41. The van der Waals surface area contributed by atoms with E-state index in [0.717, 1.165) is 16.7 Å². The number of benzene rings is 2. The number of thioether (sulfide) groups is 1. The van der Waals surface area contributed by atoms with E-state index in [2.05, 4.69) is 15.3 Å². The number of carbonyl (C=O) groups excluding carboxylic acids is 1. The molecular formula is C20H17ClFN3OS. The highest BCUT2D eigenvalue weighted by molar-refractivity contribution is 7.98. The van der Waals surface area contributed by atoms with Crippen molar-refractivity contribution in [1.29, 1.82) is 0 Å². The summed E-state index contributed by atoms with van der Waals surface area (Å²) in [4.78, 5) is 21.0. The molecule has 2 aromatic carbocycles. The standard InChI is InChI=1S/C20H17ClFN3OS/c1-12-3-8-16(9-13(12)2)24-19(26)18-17(21)10-23-20(25-18)27-11-14-4-6-15(22)7-5-14/h3-10H,11H2,1-2H3,(H,24,26). The van der Waals surface area contributed by atoms with Crippen LogP contribution in [0.2, 0.25) is 5.02 Å². The van der Waals surface area contributed by atoms with E-state index in [9.17, 15) is 9.18 Å². The van der Waals surface area contributed by atoms with Gasteiger partial charge in [-0.25, -0.2) is 14.4 Å². The summed E-state index contributed by atoms with van der Waals surface area (Å²) >= 11 is 7.46. The van der Waals surface area contributed by atoms with E-state index in [4.69, 9.17) is 11.6 Å². The van der Waals surface area contributed by atoms with Gasteiger partial charge in [-0.1, -0.05) is 41.6 Å². The van der Waals surface area contributed by atoms with Crippen LogP contribution in [0.3, 0.4) is 0 Å². The summed E-state index contributed by atoms with van der Waals surface area (Å²) in [5, 5.41) is 3.42. The van der Waals surface area contributed by atoms with Crippen molar-refractivity contribution >= 4 is 35.0 Å². The second-order valence-electron chi connectivity index (χ2n) is 6.02. The summed E-state index contributed by atoms with van der Waals surface area (Å²) in [5.74, 6) is -0.119. The Morgan fingerprint density at radius 1 is 1.15 bits per heavy atom. The van der Waals surface area contributed by atoms with E-state index >= 15 is 0 Å². The Hall–Kier alpha value is -2.44. The van der Waals surface area contributed by atoms with Crippen LogP contribution in [0, 0.1) is 19.7 Å². The highest BCUT2D eigenvalue weighted by Gasteiger charge is 2.15. The summed E-state index contributed by atoms with van der Waals surface area (Å²) < 4.78 is 13.0. The molecule has 1 N–H and O–H groups in total. The van der Waals surface area contributed by atoms with Crippen molar-refractivity contribution in [3.05, 3.63) is 81.9 Å². The van der Waals surface area contributed by atoms with Crippen molar-refractivity contribution < 1.29 is 9.18 Å². The Kier molecular flexibility index (Phi) is 6.08. The smallest absolute Gasteiger partial charge is 0.275 e. The number of aromatic nitrogens is 2. The average molecular weight is 402 g/mol. The number of nitrogens with zero attached hydrogens (tertiary/aromatic N) is 2. The molecule has 27 heavy (non-hydrogen) atoms. The molecule has 0 saturated heterocycles. The molecule has 0 radical (unpaired) electrons. The van der Waals surface area contributed by atoms with Crippen LogP contribution in [0.1, 0.15) is 27.2 Å². The number of halogens is 2. The van der Waals surface area contributed by atoms with Crippen molar-refractivity contribution in [1.82, 2.24) is 9.97 Å². The zero-order chi connectivity index (χ0) is 19.4. The van der Waals surface area contributed by atoms with E-state index in [1.165, 1.54) is 30.1 Å². The van der Waals surface area contributed by atoms with Gasteiger partial charge in [0.05, 0.1) is 11.2 Å². The molecule has 0 spiro atoms. The fourth-order valence-electron chi connectivity index (χ4n) is 2.32. The lowest BCUT2D eigenvalue weighted by Crippen LogP contribution is -2.15. The molecule has 0 atom stereocenters. The fraction of sp³-hybridized carbons (Fsp3) is 0.150. The van der Waals surface area contributed by atoms with Crippen molar-refractivity contribution in [3.8, 4) is 0 Å². The van der Waals surface area contributed by atoms with E-state index in [1.807, 2.05) is 32.0 Å². The zero-order valence-corrected chi connectivity index (χ0v) is 16.4. The van der Waals surface area contributed by atoms with Gasteiger partial charge in [0.15, 0.2) is 10.9 Å². The molecule has 1 aromatic heterocycles. The van der Waals surface area contributed by atoms with Crippen molar-refractivity contribution in [2.24, 2.45) is 0 Å². The molecule has 0 fully saturated rings. The average Bonchev–Trinajstić information content (AvgIpc) is 2.65. The van der Waals surface area contributed by atoms with Crippen LogP contribution in [0.25, 0.3) is 0 Å². The number of hydrogen-bond acceptors (Lipinski definition) is 4. The largest absolute Gasteiger partial charge is 0.321 e. The monoisotopic (exact) mass is 401 g/mol. The third-order valence-corrected chi connectivity index (χ3v) is 5.19. The van der Waals surface area contributed by atoms with Gasteiger partial charge >= 0.3 is 0 Å². The third-order valence-electron chi connectivity index (χ3n) is 3.98. The molecule has 138 valence electrons. The molecular weight excluding hydrogens is 385 g/mol. The van der Waals surface area contributed by atoms with Crippen LogP contribution < -0.4 is 5.32 Å². The second-order valence-corrected chi connectivity index (χ2v) is 7.37. The molecule has 0 aliphatic heterocycles. The highest BCUT2D eigenvalue weighted by atomic mass is 35.5. The minimum Gasteiger partial charge on any atom is -0.321 e. The number of rotatable bonds is 5. The first-order valence-corrected chi connectivity index (χ1v) is 9.57. The van der Waals surface area contributed by atoms with Crippen LogP contribution >= 0.6 is 23.4 Å². The molecule has 0 bridgehead atoms. The maximum atomic E-state index is 13.0. The van der Waals surface area contributed by atoms with Gasteiger partial charge in [-0.2, -0.15) is 0 Å². The molecule has 7 heteroatoms. The predicted octanol–water partition coefficient (Wildman–Crippen LogP) is 5.43. The first-order chi connectivity index (χ1) is 12.9. The minimum absolute atomic E-state index is 0.117. The molecule has 0 unspecified atom stereocenters. The van der Waals surface area contributed by atoms with Gasteiger partial charge in [0.25, 0.3) is 5.91 Å². The number of aryl methyl sites for hydroxylation is 2. The normalized spacial score (nSPS) is 10.7. The Labute approximate surface area is 166 Å². The van der Waals surface area contributed by atoms with E-state index in [0.29, 0.717) is 16.6 Å². The van der Waals surface area contributed by atoms with Gasteiger partial charge in [0.1, 0.15) is 5.82 Å². The maximum absolute atomic E-state index is 13.0. The number of nitrogens with one attached hydrogen (secondary N) is 1. The quantitative estimate of drug-likeness (QED) is 0.457. The van der Waals surface area contributed by atoms with Crippen molar-refractivity contribution in [3.63, 3.8) is 0 Å². The van der Waals surface area contributed by atoms with Gasteiger partial charge in [0.2, 0.25) is 0 Å². The van der Waals surface area contributed by atoms with Crippen molar-refractivity contribution in [2.75, 3.05) is 5.32 Å². The maximum Gasteiger partial charge on any atom is 0.275 e. The molecule has 4 nitrogen and oxygen atoms in total. The molecule has 0 aliphatic carbocycles. The van der Waals surface area contributed by atoms with Gasteiger partial charge in [-0.3, -0.25) is 4.79 Å². The summed E-state index contributed by atoms with van der Waals surface area (Å²) in [6, 6.07) is 11.9. The lowest BCUT2D eigenvalue weighted by Gasteiger charge is -2.09. The van der Waals surface area contributed by atoms with Gasteiger partial charge < -0.3 is 5.32 Å².